The molecular formula is C26H27N5O2. The zero-order valence-electron chi connectivity index (χ0n) is 18.8. The number of aryl methyl sites for hydroxylation is 1. The summed E-state index contributed by atoms with van der Waals surface area (Å²) in [6.45, 7) is 3.74. The van der Waals surface area contributed by atoms with E-state index >= 15 is 0 Å². The molecule has 1 saturated carbocycles. The molecule has 7 nitrogen and oxygen atoms in total. The first kappa shape index (κ1) is 21.4. The molecule has 0 radical (unpaired) electrons. The van der Waals surface area contributed by atoms with E-state index in [1.165, 1.54) is 4.68 Å². The van der Waals surface area contributed by atoms with Gasteiger partial charge in [-0.25, -0.2) is 9.48 Å². The summed E-state index contributed by atoms with van der Waals surface area (Å²) in [5, 5.41) is 14.6. The molecule has 7 heteroatoms. The summed E-state index contributed by atoms with van der Waals surface area (Å²) in [4.78, 5) is 16.8. The molecule has 2 heterocycles. The van der Waals surface area contributed by atoms with Crippen LogP contribution in [0.4, 0.5) is 0 Å². The Labute approximate surface area is 192 Å². The van der Waals surface area contributed by atoms with E-state index in [4.69, 9.17) is 16.6 Å². The summed E-state index contributed by atoms with van der Waals surface area (Å²) in [6.07, 6.45) is 4.84. The van der Waals surface area contributed by atoms with Crippen molar-refractivity contribution in [1.82, 2.24) is 14.8 Å². The zero-order valence-corrected chi connectivity index (χ0v) is 18.8. The lowest BCUT2D eigenvalue weighted by molar-refractivity contribution is 0.0678. The maximum Gasteiger partial charge on any atom is 0.354 e. The van der Waals surface area contributed by atoms with E-state index in [-0.39, 0.29) is 5.69 Å². The predicted molar refractivity (Wildman–Crippen MR) is 126 cm³/mol. The van der Waals surface area contributed by atoms with E-state index in [9.17, 15) is 9.90 Å². The van der Waals surface area contributed by atoms with E-state index in [1.54, 1.807) is 0 Å². The molecule has 2 aliphatic carbocycles. The van der Waals surface area contributed by atoms with Crippen molar-refractivity contribution in [2.24, 2.45) is 17.4 Å². The molecule has 1 fully saturated rings. The minimum Gasteiger partial charge on any atom is -0.477 e. The van der Waals surface area contributed by atoms with Crippen molar-refractivity contribution in [2.45, 2.75) is 51.2 Å². The molecule has 5 N–H and O–H groups in total. The van der Waals surface area contributed by atoms with E-state index in [1.807, 2.05) is 50.4 Å². The van der Waals surface area contributed by atoms with E-state index in [2.05, 4.69) is 16.8 Å². The summed E-state index contributed by atoms with van der Waals surface area (Å²) in [5.41, 5.74) is 18.1. The highest BCUT2D eigenvalue weighted by Gasteiger charge is 2.36. The quantitative estimate of drug-likeness (QED) is 0.534. The molecule has 0 saturated heterocycles. The standard InChI is InChI=1S/C26H27N5O2/c1-26(2,28)12-11-15-3-5-16(6-4-15)21-13-20-18(14-29-21)9-10-19-22(20)30-31(23(19)25(32)33)24(27)17-7-8-17/h3-6,13-14,17,24H,7-10,27-28H2,1-2H3,(H,32,33). The molecule has 3 aromatic rings. The monoisotopic (exact) mass is 441 g/mol. The van der Waals surface area contributed by atoms with E-state index < -0.39 is 17.7 Å². The molecule has 33 heavy (non-hydrogen) atoms. The number of rotatable bonds is 4. The Morgan fingerprint density at radius 1 is 1.24 bits per heavy atom. The molecule has 0 bridgehead atoms. The van der Waals surface area contributed by atoms with Crippen LogP contribution in [0.15, 0.2) is 36.5 Å². The highest BCUT2D eigenvalue weighted by Crippen LogP contribution is 2.41. The Balaban J connectivity index is 1.53. The second-order valence-corrected chi connectivity index (χ2v) is 9.53. The Hall–Kier alpha value is -3.47. The van der Waals surface area contributed by atoms with Gasteiger partial charge in [-0.05, 0) is 69.2 Å². The maximum absolute atomic E-state index is 12.1. The molecule has 2 aliphatic rings. The first-order chi connectivity index (χ1) is 15.7. The number of aromatic nitrogens is 3. The van der Waals surface area contributed by atoms with Crippen LogP contribution >= 0.6 is 0 Å². The van der Waals surface area contributed by atoms with E-state index in [0.29, 0.717) is 18.0 Å². The van der Waals surface area contributed by atoms with Gasteiger partial charge in [0.2, 0.25) is 0 Å². The minimum atomic E-state index is -0.977. The Kier molecular flexibility index (Phi) is 5.08. The average Bonchev–Trinajstić information content (AvgIpc) is 3.55. The summed E-state index contributed by atoms with van der Waals surface area (Å²) in [6, 6.07) is 9.87. The van der Waals surface area contributed by atoms with E-state index in [0.717, 1.165) is 52.8 Å². The van der Waals surface area contributed by atoms with Crippen LogP contribution in [0, 0.1) is 17.8 Å². The molecule has 5 rings (SSSR count). The molecule has 2 aromatic heterocycles. The summed E-state index contributed by atoms with van der Waals surface area (Å²) < 4.78 is 1.53. The highest BCUT2D eigenvalue weighted by molar-refractivity contribution is 5.91. The fourth-order valence-corrected chi connectivity index (χ4v) is 4.28. The number of carboxylic acid groups (broad SMARTS) is 1. The third-order valence-electron chi connectivity index (χ3n) is 6.19. The Morgan fingerprint density at radius 3 is 2.61 bits per heavy atom. The summed E-state index contributed by atoms with van der Waals surface area (Å²) in [5.74, 6) is 5.44. The van der Waals surface area contributed by atoms with Crippen molar-refractivity contribution in [1.29, 1.82) is 0 Å². The number of hydrogen-bond acceptors (Lipinski definition) is 5. The molecule has 0 aliphatic heterocycles. The minimum absolute atomic E-state index is 0.221. The van der Waals surface area contributed by atoms with Gasteiger partial charge < -0.3 is 16.6 Å². The lowest BCUT2D eigenvalue weighted by Gasteiger charge is -2.16. The number of carboxylic acids is 1. The fraction of sp³-hybridized carbons (Fsp3) is 0.346. The van der Waals surface area contributed by atoms with Crippen LogP contribution in [-0.4, -0.2) is 31.4 Å². The Morgan fingerprint density at radius 2 is 1.97 bits per heavy atom. The number of carbonyl (C=O) groups is 1. The van der Waals surface area contributed by atoms with Crippen LogP contribution in [0.1, 0.15) is 60.0 Å². The van der Waals surface area contributed by atoms with Gasteiger partial charge in [0.15, 0.2) is 5.69 Å². The van der Waals surface area contributed by atoms with Crippen LogP contribution in [0.2, 0.25) is 0 Å². The van der Waals surface area contributed by atoms with Crippen molar-refractivity contribution in [3.63, 3.8) is 0 Å². The number of benzene rings is 1. The van der Waals surface area contributed by atoms with Crippen LogP contribution in [-0.2, 0) is 12.8 Å². The molecule has 1 atom stereocenters. The van der Waals surface area contributed by atoms with Crippen molar-refractivity contribution in [3.8, 4) is 34.4 Å². The van der Waals surface area contributed by atoms with Crippen LogP contribution < -0.4 is 11.5 Å². The van der Waals surface area contributed by atoms with Gasteiger partial charge in [0.05, 0.1) is 16.9 Å². The number of hydrogen-bond donors (Lipinski definition) is 3. The number of aromatic carboxylic acids is 1. The SMILES string of the molecule is CC(C)(N)C#Cc1ccc(-c2cc3c(cn2)CCc2c-3nn(C(N)C3CC3)c2C(=O)O)cc1. The van der Waals surface area contributed by atoms with Crippen molar-refractivity contribution in [2.75, 3.05) is 0 Å². The van der Waals surface area contributed by atoms with Crippen molar-refractivity contribution >= 4 is 5.97 Å². The van der Waals surface area contributed by atoms with Gasteiger partial charge in [0.1, 0.15) is 6.17 Å². The highest BCUT2D eigenvalue weighted by atomic mass is 16.4. The van der Waals surface area contributed by atoms with Crippen LogP contribution in [0.3, 0.4) is 0 Å². The van der Waals surface area contributed by atoms with Gasteiger partial charge in [0, 0.05) is 28.5 Å². The zero-order chi connectivity index (χ0) is 23.3. The smallest absolute Gasteiger partial charge is 0.354 e. The van der Waals surface area contributed by atoms with Gasteiger partial charge >= 0.3 is 5.97 Å². The molecule has 168 valence electrons. The third-order valence-corrected chi connectivity index (χ3v) is 6.19. The summed E-state index contributed by atoms with van der Waals surface area (Å²) >= 11 is 0. The Bertz CT molecular complexity index is 1300. The van der Waals surface area contributed by atoms with Crippen LogP contribution in [0.25, 0.3) is 22.5 Å². The number of pyridine rings is 1. The van der Waals surface area contributed by atoms with Gasteiger partial charge in [-0.15, -0.1) is 0 Å². The van der Waals surface area contributed by atoms with Gasteiger partial charge in [-0.2, -0.15) is 5.10 Å². The van der Waals surface area contributed by atoms with Gasteiger partial charge in [-0.1, -0.05) is 24.0 Å². The van der Waals surface area contributed by atoms with Crippen molar-refractivity contribution in [3.05, 3.63) is 58.9 Å². The van der Waals surface area contributed by atoms with Crippen molar-refractivity contribution < 1.29 is 9.90 Å². The van der Waals surface area contributed by atoms with Crippen LogP contribution in [0.5, 0.6) is 0 Å². The number of nitrogens with two attached hydrogens (primary N) is 2. The third kappa shape index (κ3) is 4.15. The first-order valence-electron chi connectivity index (χ1n) is 11.2. The summed E-state index contributed by atoms with van der Waals surface area (Å²) in [7, 11) is 0. The predicted octanol–water partition coefficient (Wildman–Crippen LogP) is 3.37. The average molecular weight is 442 g/mol. The molecule has 1 aromatic carbocycles. The maximum atomic E-state index is 12.1. The second kappa shape index (κ2) is 7.84. The molecule has 1 unspecified atom stereocenters. The molecular weight excluding hydrogens is 414 g/mol. The largest absolute Gasteiger partial charge is 0.477 e. The lowest BCUT2D eigenvalue weighted by Crippen LogP contribution is -2.29. The number of nitrogens with zero attached hydrogens (tertiary/aromatic N) is 3. The molecule has 0 amide bonds. The number of fused-ring (bicyclic) bond motifs is 3. The van der Waals surface area contributed by atoms with Gasteiger partial charge in [0.25, 0.3) is 0 Å². The fourth-order valence-electron chi connectivity index (χ4n) is 4.28. The lowest BCUT2D eigenvalue weighted by atomic mass is 9.89. The second-order valence-electron chi connectivity index (χ2n) is 9.53. The molecule has 0 spiro atoms. The topological polar surface area (TPSA) is 120 Å². The normalized spacial score (nSPS) is 15.8. The first-order valence-corrected chi connectivity index (χ1v) is 11.2. The van der Waals surface area contributed by atoms with Gasteiger partial charge in [-0.3, -0.25) is 4.98 Å².